The lowest BCUT2D eigenvalue weighted by molar-refractivity contribution is 0.100. The molecule has 0 spiro atoms. The number of thiophene rings is 1. The number of ether oxygens (including phenoxy) is 1. The average Bonchev–Trinajstić information content (AvgIpc) is 2.96. The van der Waals surface area contributed by atoms with E-state index in [1.807, 2.05) is 30.5 Å². The van der Waals surface area contributed by atoms with Crippen LogP contribution >= 0.6 is 11.3 Å². The highest BCUT2D eigenvalue weighted by atomic mass is 32.1. The number of primary amides is 1. The van der Waals surface area contributed by atoms with Gasteiger partial charge < -0.3 is 10.5 Å². The number of fused-ring (bicyclic) bond motifs is 1. The molecule has 0 atom stereocenters. The Morgan fingerprint density at radius 1 is 1.30 bits per heavy atom. The van der Waals surface area contributed by atoms with E-state index in [9.17, 15) is 4.79 Å². The lowest BCUT2D eigenvalue weighted by atomic mass is 9.97. The number of rotatable bonds is 5. The van der Waals surface area contributed by atoms with E-state index in [2.05, 4.69) is 11.9 Å². The molecule has 0 fully saturated rings. The summed E-state index contributed by atoms with van der Waals surface area (Å²) < 4.78 is 6.47. The SMILES string of the molecule is CCCc1cncc2sc(C(N)=O)c(-c3ccccc3OC)c12. The van der Waals surface area contributed by atoms with E-state index >= 15 is 0 Å². The second-order valence-electron chi connectivity index (χ2n) is 5.29. The summed E-state index contributed by atoms with van der Waals surface area (Å²) in [5, 5.41) is 1.06. The molecule has 4 nitrogen and oxygen atoms in total. The van der Waals surface area contributed by atoms with Crippen molar-refractivity contribution in [3.63, 3.8) is 0 Å². The minimum atomic E-state index is -0.422. The highest BCUT2D eigenvalue weighted by Gasteiger charge is 2.22. The predicted molar refractivity (Wildman–Crippen MR) is 94.1 cm³/mol. The van der Waals surface area contributed by atoms with Crippen LogP contribution in [-0.4, -0.2) is 18.0 Å². The fourth-order valence-electron chi connectivity index (χ4n) is 2.86. The molecule has 23 heavy (non-hydrogen) atoms. The topological polar surface area (TPSA) is 65.2 Å². The first-order valence-electron chi connectivity index (χ1n) is 7.50. The average molecular weight is 326 g/mol. The summed E-state index contributed by atoms with van der Waals surface area (Å²) in [7, 11) is 1.63. The molecule has 3 aromatic rings. The molecular weight excluding hydrogens is 308 g/mol. The van der Waals surface area contributed by atoms with Gasteiger partial charge in [0.2, 0.25) is 0 Å². The number of hydrogen-bond acceptors (Lipinski definition) is 4. The molecule has 5 heteroatoms. The maximum absolute atomic E-state index is 12.0. The van der Waals surface area contributed by atoms with E-state index in [4.69, 9.17) is 10.5 Å². The number of benzene rings is 1. The molecule has 1 amide bonds. The van der Waals surface area contributed by atoms with Gasteiger partial charge in [0.15, 0.2) is 0 Å². The second kappa shape index (κ2) is 6.38. The van der Waals surface area contributed by atoms with Gasteiger partial charge in [-0.05, 0) is 18.1 Å². The van der Waals surface area contributed by atoms with Crippen LogP contribution in [0.1, 0.15) is 28.6 Å². The lowest BCUT2D eigenvalue weighted by Crippen LogP contribution is -2.10. The monoisotopic (exact) mass is 326 g/mol. The maximum atomic E-state index is 12.0. The predicted octanol–water partition coefficient (Wildman–Crippen LogP) is 4.02. The summed E-state index contributed by atoms with van der Waals surface area (Å²) in [5.41, 5.74) is 8.52. The van der Waals surface area contributed by atoms with Gasteiger partial charge in [-0.15, -0.1) is 11.3 Å². The van der Waals surface area contributed by atoms with Crippen molar-refractivity contribution in [2.45, 2.75) is 19.8 Å². The van der Waals surface area contributed by atoms with Crippen LogP contribution in [0.3, 0.4) is 0 Å². The number of hydrogen-bond donors (Lipinski definition) is 1. The smallest absolute Gasteiger partial charge is 0.259 e. The molecule has 2 N–H and O–H groups in total. The molecule has 0 unspecified atom stereocenters. The zero-order valence-electron chi connectivity index (χ0n) is 13.1. The summed E-state index contributed by atoms with van der Waals surface area (Å²) in [6.45, 7) is 2.13. The van der Waals surface area contributed by atoms with E-state index in [0.29, 0.717) is 4.88 Å². The van der Waals surface area contributed by atoms with E-state index in [1.54, 1.807) is 13.3 Å². The van der Waals surface area contributed by atoms with Gasteiger partial charge in [0, 0.05) is 28.9 Å². The van der Waals surface area contributed by atoms with Crippen LogP contribution in [0.4, 0.5) is 0 Å². The number of pyridine rings is 1. The Morgan fingerprint density at radius 2 is 2.09 bits per heavy atom. The van der Waals surface area contributed by atoms with Crippen molar-refractivity contribution >= 4 is 27.3 Å². The number of nitrogens with zero attached hydrogens (tertiary/aromatic N) is 1. The highest BCUT2D eigenvalue weighted by molar-refractivity contribution is 7.21. The van der Waals surface area contributed by atoms with Crippen LogP contribution in [0.2, 0.25) is 0 Å². The minimum absolute atomic E-state index is 0.422. The number of carbonyl (C=O) groups is 1. The molecule has 0 aliphatic rings. The highest BCUT2D eigenvalue weighted by Crippen LogP contribution is 2.43. The number of carbonyl (C=O) groups excluding carboxylic acids is 1. The molecule has 0 saturated heterocycles. The molecule has 2 heterocycles. The number of amides is 1. The molecule has 0 aliphatic heterocycles. The molecule has 0 saturated carbocycles. The zero-order valence-corrected chi connectivity index (χ0v) is 13.9. The Balaban J connectivity index is 2.41. The third-order valence-corrected chi connectivity index (χ3v) is 4.94. The third kappa shape index (κ3) is 2.68. The van der Waals surface area contributed by atoms with Crippen LogP contribution in [0, 0.1) is 0 Å². The summed E-state index contributed by atoms with van der Waals surface area (Å²) in [6.07, 6.45) is 5.59. The molecular formula is C18H18N2O2S. The number of aromatic nitrogens is 1. The van der Waals surface area contributed by atoms with Crippen molar-refractivity contribution in [2.75, 3.05) is 7.11 Å². The molecule has 118 valence electrons. The van der Waals surface area contributed by atoms with E-state index in [-0.39, 0.29) is 0 Å². The van der Waals surface area contributed by atoms with Gasteiger partial charge in [0.25, 0.3) is 5.91 Å². The Bertz CT molecular complexity index is 871. The molecule has 0 aliphatic carbocycles. The first kappa shape index (κ1) is 15.5. The van der Waals surface area contributed by atoms with Gasteiger partial charge in [-0.1, -0.05) is 31.5 Å². The van der Waals surface area contributed by atoms with Gasteiger partial charge in [-0.2, -0.15) is 0 Å². The minimum Gasteiger partial charge on any atom is -0.496 e. The number of para-hydroxylation sites is 1. The summed E-state index contributed by atoms with van der Waals surface area (Å²) >= 11 is 1.39. The summed E-state index contributed by atoms with van der Waals surface area (Å²) in [4.78, 5) is 16.9. The second-order valence-corrected chi connectivity index (χ2v) is 6.34. The molecule has 3 rings (SSSR count). The Kier molecular flexibility index (Phi) is 4.30. The van der Waals surface area contributed by atoms with Crippen LogP contribution in [0.25, 0.3) is 21.2 Å². The van der Waals surface area contributed by atoms with Crippen LogP contribution in [0.15, 0.2) is 36.7 Å². The van der Waals surface area contributed by atoms with E-state index in [0.717, 1.165) is 45.4 Å². The first-order chi connectivity index (χ1) is 11.2. The van der Waals surface area contributed by atoms with Gasteiger partial charge in [-0.3, -0.25) is 9.78 Å². The normalized spacial score (nSPS) is 10.9. The summed E-state index contributed by atoms with van der Waals surface area (Å²) in [5.74, 6) is 0.309. The van der Waals surface area contributed by atoms with Crippen molar-refractivity contribution < 1.29 is 9.53 Å². The number of nitrogens with two attached hydrogens (primary N) is 1. The fraction of sp³-hybridized carbons (Fsp3) is 0.222. The van der Waals surface area contributed by atoms with Crippen molar-refractivity contribution in [3.05, 3.63) is 47.1 Å². The number of methoxy groups -OCH3 is 1. The first-order valence-corrected chi connectivity index (χ1v) is 8.31. The Labute approximate surface area is 138 Å². The van der Waals surface area contributed by atoms with Gasteiger partial charge in [0.1, 0.15) is 10.6 Å². The molecule has 1 aromatic carbocycles. The van der Waals surface area contributed by atoms with Crippen molar-refractivity contribution in [1.82, 2.24) is 4.98 Å². The Hall–Kier alpha value is -2.40. The van der Waals surface area contributed by atoms with Crippen molar-refractivity contribution in [2.24, 2.45) is 5.73 Å². The molecule has 0 bridgehead atoms. The fourth-order valence-corrected chi connectivity index (χ4v) is 3.94. The molecule has 0 radical (unpaired) electrons. The van der Waals surface area contributed by atoms with E-state index < -0.39 is 5.91 Å². The maximum Gasteiger partial charge on any atom is 0.259 e. The van der Waals surface area contributed by atoms with Gasteiger partial charge in [0.05, 0.1) is 11.8 Å². The summed E-state index contributed by atoms with van der Waals surface area (Å²) in [6, 6.07) is 7.70. The zero-order chi connectivity index (χ0) is 16.4. The van der Waals surface area contributed by atoms with Crippen LogP contribution in [-0.2, 0) is 6.42 Å². The Morgan fingerprint density at radius 3 is 2.78 bits per heavy atom. The van der Waals surface area contributed by atoms with Crippen molar-refractivity contribution in [3.8, 4) is 16.9 Å². The largest absolute Gasteiger partial charge is 0.496 e. The van der Waals surface area contributed by atoms with Gasteiger partial charge in [-0.25, -0.2) is 0 Å². The number of aryl methyl sites for hydroxylation is 1. The van der Waals surface area contributed by atoms with Gasteiger partial charge >= 0.3 is 0 Å². The standard InChI is InChI=1S/C18H18N2O2S/c1-3-6-11-9-20-10-14-15(11)16(17(23-14)18(19)21)12-7-4-5-8-13(12)22-2/h4-5,7-10H,3,6H2,1-2H3,(H2,19,21). The quantitative estimate of drug-likeness (QED) is 0.770. The lowest BCUT2D eigenvalue weighted by Gasteiger charge is -2.11. The van der Waals surface area contributed by atoms with E-state index in [1.165, 1.54) is 11.3 Å². The van der Waals surface area contributed by atoms with Crippen LogP contribution in [0.5, 0.6) is 5.75 Å². The third-order valence-electron chi connectivity index (χ3n) is 3.80. The van der Waals surface area contributed by atoms with Crippen molar-refractivity contribution in [1.29, 1.82) is 0 Å². The molecule has 2 aromatic heterocycles. The van der Waals surface area contributed by atoms with Crippen LogP contribution < -0.4 is 10.5 Å².